The summed E-state index contributed by atoms with van der Waals surface area (Å²) in [7, 11) is 0. The highest BCUT2D eigenvalue weighted by Crippen LogP contribution is 2.36. The maximum atomic E-state index is 12.4. The number of nitrogens with zero attached hydrogens (tertiary/aromatic N) is 4. The number of aromatic nitrogens is 6. The molecule has 0 spiro atoms. The zero-order valence-electron chi connectivity index (χ0n) is 21.6. The number of anilines is 1. The average Bonchev–Trinajstić information content (AvgIpc) is 3.60. The first kappa shape index (κ1) is 24.0. The Hall–Kier alpha value is -4.37. The van der Waals surface area contributed by atoms with Gasteiger partial charge in [0.2, 0.25) is 5.91 Å². The fraction of sp³-hybridized carbons (Fsp3) is 0.207. The summed E-state index contributed by atoms with van der Waals surface area (Å²) >= 11 is 1.76. The molecule has 6 rings (SSSR count). The average molecular weight is 522 g/mol. The quantitative estimate of drug-likeness (QED) is 0.227. The smallest absolute Gasteiger partial charge is 0.224 e. The van der Waals surface area contributed by atoms with Gasteiger partial charge in [0.1, 0.15) is 16.9 Å². The third-order valence-electron chi connectivity index (χ3n) is 6.21. The molecule has 0 aliphatic rings. The molecule has 3 N–H and O–H groups in total. The number of fused-ring (bicyclic) bond motifs is 2. The largest absolute Gasteiger partial charge is 0.338 e. The molecule has 0 bridgehead atoms. The highest BCUT2D eigenvalue weighted by atomic mass is 32.1. The normalized spacial score (nSPS) is 11.9. The van der Waals surface area contributed by atoms with Crippen molar-refractivity contribution in [3.05, 3.63) is 65.9 Å². The molecular formula is C29H27N7OS. The molecule has 0 aliphatic carbocycles. The molecule has 0 unspecified atom stereocenters. The molecular weight excluding hydrogens is 494 g/mol. The Morgan fingerprint density at radius 2 is 1.95 bits per heavy atom. The number of thiophene rings is 1. The summed E-state index contributed by atoms with van der Waals surface area (Å²) in [6.45, 7) is 8.22. The molecule has 0 aromatic carbocycles. The summed E-state index contributed by atoms with van der Waals surface area (Å²) in [5.41, 5.74) is 7.16. The molecule has 190 valence electrons. The van der Waals surface area contributed by atoms with Gasteiger partial charge in [0.25, 0.3) is 0 Å². The summed E-state index contributed by atoms with van der Waals surface area (Å²) in [6.07, 6.45) is 5.64. The van der Waals surface area contributed by atoms with E-state index in [1.807, 2.05) is 51.2 Å². The van der Waals surface area contributed by atoms with E-state index in [0.29, 0.717) is 12.1 Å². The molecule has 0 saturated carbocycles. The van der Waals surface area contributed by atoms with Crippen molar-refractivity contribution in [2.45, 2.75) is 34.1 Å². The van der Waals surface area contributed by atoms with E-state index < -0.39 is 0 Å². The van der Waals surface area contributed by atoms with Crippen molar-refractivity contribution in [1.29, 1.82) is 0 Å². The number of nitrogens with one attached hydrogen (secondary N) is 3. The molecule has 6 aromatic rings. The number of H-pyrrole nitrogens is 2. The van der Waals surface area contributed by atoms with Crippen LogP contribution in [0.1, 0.15) is 32.1 Å². The summed E-state index contributed by atoms with van der Waals surface area (Å²) in [6, 6.07) is 14.2. The molecule has 0 atom stereocenters. The van der Waals surface area contributed by atoms with Gasteiger partial charge in [0.05, 0.1) is 28.8 Å². The van der Waals surface area contributed by atoms with Crippen LogP contribution in [0.15, 0.2) is 61.1 Å². The Balaban J connectivity index is 1.36. The van der Waals surface area contributed by atoms with Gasteiger partial charge in [-0.25, -0.2) is 9.97 Å². The van der Waals surface area contributed by atoms with E-state index in [2.05, 4.69) is 55.6 Å². The zero-order chi connectivity index (χ0) is 26.4. The number of pyridine rings is 3. The second-order valence-corrected chi connectivity index (χ2v) is 11.9. The molecule has 0 radical (unpaired) electrons. The molecule has 0 saturated heterocycles. The Bertz CT molecular complexity index is 1800. The van der Waals surface area contributed by atoms with Gasteiger partial charge in [0, 0.05) is 45.1 Å². The van der Waals surface area contributed by atoms with E-state index in [4.69, 9.17) is 4.98 Å². The van der Waals surface area contributed by atoms with Crippen LogP contribution < -0.4 is 5.32 Å². The predicted molar refractivity (Wildman–Crippen MR) is 153 cm³/mol. The first-order chi connectivity index (χ1) is 18.2. The van der Waals surface area contributed by atoms with Gasteiger partial charge in [-0.1, -0.05) is 20.8 Å². The van der Waals surface area contributed by atoms with Gasteiger partial charge in [-0.3, -0.25) is 14.9 Å². The SMILES string of the molecule is Cc1ccc(-c2ccnc3[nH]c(-c4n[nH]c5ccc(-c6cncc(NC(=O)CC(C)(C)C)c6)nc45)cc23)s1. The monoisotopic (exact) mass is 521 g/mol. The van der Waals surface area contributed by atoms with Crippen LogP contribution >= 0.6 is 11.3 Å². The molecule has 8 nitrogen and oxygen atoms in total. The number of hydrogen-bond acceptors (Lipinski definition) is 6. The van der Waals surface area contributed by atoms with Crippen molar-refractivity contribution in [1.82, 2.24) is 30.1 Å². The number of carbonyl (C=O) groups excluding carboxylic acids is 1. The lowest BCUT2D eigenvalue weighted by molar-refractivity contribution is -0.117. The minimum Gasteiger partial charge on any atom is -0.338 e. The molecule has 38 heavy (non-hydrogen) atoms. The summed E-state index contributed by atoms with van der Waals surface area (Å²) < 4.78 is 0. The van der Waals surface area contributed by atoms with Gasteiger partial charge < -0.3 is 10.3 Å². The van der Waals surface area contributed by atoms with Crippen molar-refractivity contribution in [2.75, 3.05) is 5.32 Å². The van der Waals surface area contributed by atoms with E-state index in [-0.39, 0.29) is 11.3 Å². The number of amides is 1. The van der Waals surface area contributed by atoms with Gasteiger partial charge in [0.15, 0.2) is 0 Å². The highest BCUT2D eigenvalue weighted by Gasteiger charge is 2.18. The van der Waals surface area contributed by atoms with Crippen molar-refractivity contribution < 1.29 is 4.79 Å². The van der Waals surface area contributed by atoms with E-state index in [1.54, 1.807) is 23.7 Å². The van der Waals surface area contributed by atoms with Gasteiger partial charge in [-0.05, 0) is 54.8 Å². The number of carbonyl (C=O) groups is 1. The molecule has 1 amide bonds. The van der Waals surface area contributed by atoms with E-state index >= 15 is 0 Å². The lowest BCUT2D eigenvalue weighted by Crippen LogP contribution is -2.19. The minimum atomic E-state index is -0.0962. The first-order valence-corrected chi connectivity index (χ1v) is 13.2. The van der Waals surface area contributed by atoms with Gasteiger partial charge in [-0.2, -0.15) is 5.10 Å². The van der Waals surface area contributed by atoms with Crippen molar-refractivity contribution in [2.24, 2.45) is 5.41 Å². The van der Waals surface area contributed by atoms with E-state index in [9.17, 15) is 4.79 Å². The molecule has 0 fully saturated rings. The Morgan fingerprint density at radius 3 is 2.74 bits per heavy atom. The highest BCUT2D eigenvalue weighted by molar-refractivity contribution is 7.15. The predicted octanol–water partition coefficient (Wildman–Crippen LogP) is 6.97. The standard InChI is InChI=1S/C29H27N7OS/c1-16-5-8-24(38-16)19-9-10-31-28-20(19)12-23(34-28)27-26-22(35-36-27)7-6-21(33-26)17-11-18(15-30-14-17)32-25(37)13-29(2,3)4/h5-12,14-15H,13H2,1-4H3,(H,31,34)(H,32,37)(H,35,36). The topological polar surface area (TPSA) is 112 Å². The second kappa shape index (κ2) is 9.18. The minimum absolute atomic E-state index is 0.0403. The summed E-state index contributed by atoms with van der Waals surface area (Å²) in [5.74, 6) is -0.0403. The maximum absolute atomic E-state index is 12.4. The fourth-order valence-corrected chi connectivity index (χ4v) is 5.44. The van der Waals surface area contributed by atoms with Crippen LogP contribution in [-0.2, 0) is 4.79 Å². The summed E-state index contributed by atoms with van der Waals surface area (Å²) in [5, 5.41) is 11.7. The van der Waals surface area contributed by atoms with Gasteiger partial charge >= 0.3 is 0 Å². The summed E-state index contributed by atoms with van der Waals surface area (Å²) in [4.78, 5) is 32.1. The van der Waals surface area contributed by atoms with Crippen molar-refractivity contribution >= 4 is 45.0 Å². The molecule has 6 heterocycles. The third-order valence-corrected chi connectivity index (χ3v) is 7.24. The number of hydrogen-bond donors (Lipinski definition) is 3. The molecule has 0 aliphatic heterocycles. The van der Waals surface area contributed by atoms with Crippen LogP contribution in [0.3, 0.4) is 0 Å². The first-order valence-electron chi connectivity index (χ1n) is 12.4. The lowest BCUT2D eigenvalue weighted by atomic mass is 9.92. The van der Waals surface area contributed by atoms with Crippen LogP contribution in [0.4, 0.5) is 5.69 Å². The number of aryl methyl sites for hydroxylation is 1. The Labute approximate surface area is 223 Å². The number of aromatic amines is 2. The van der Waals surface area contributed by atoms with Crippen LogP contribution in [-0.4, -0.2) is 36.0 Å². The maximum Gasteiger partial charge on any atom is 0.224 e. The molecule has 6 aromatic heterocycles. The molecule has 9 heteroatoms. The fourth-order valence-electron chi connectivity index (χ4n) is 4.53. The van der Waals surface area contributed by atoms with Crippen LogP contribution in [0, 0.1) is 12.3 Å². The Morgan fingerprint density at radius 1 is 1.08 bits per heavy atom. The Kier molecular flexibility index (Phi) is 5.80. The van der Waals surface area contributed by atoms with Crippen LogP contribution in [0.2, 0.25) is 0 Å². The van der Waals surface area contributed by atoms with E-state index in [1.165, 1.54) is 9.75 Å². The second-order valence-electron chi connectivity index (χ2n) is 10.6. The third kappa shape index (κ3) is 4.68. The zero-order valence-corrected chi connectivity index (χ0v) is 22.4. The number of rotatable bonds is 5. The van der Waals surface area contributed by atoms with Crippen molar-refractivity contribution in [3.8, 4) is 33.1 Å². The van der Waals surface area contributed by atoms with Crippen molar-refractivity contribution in [3.63, 3.8) is 0 Å². The lowest BCUT2D eigenvalue weighted by Gasteiger charge is -2.17. The van der Waals surface area contributed by atoms with Crippen LogP contribution in [0.5, 0.6) is 0 Å². The van der Waals surface area contributed by atoms with E-state index in [0.717, 1.165) is 50.3 Å². The van der Waals surface area contributed by atoms with Crippen LogP contribution in [0.25, 0.3) is 55.2 Å². The van der Waals surface area contributed by atoms with Gasteiger partial charge in [-0.15, -0.1) is 11.3 Å².